The highest BCUT2D eigenvalue weighted by molar-refractivity contribution is 8.24. The highest BCUT2D eigenvalue weighted by Crippen LogP contribution is 2.22. The molecule has 15 heavy (non-hydrogen) atoms. The van der Waals surface area contributed by atoms with E-state index in [9.17, 15) is 9.59 Å². The Bertz CT molecular complexity index is 436. The zero-order valence-corrected chi connectivity index (χ0v) is 9.48. The summed E-state index contributed by atoms with van der Waals surface area (Å²) >= 11 is 6.09. The predicted octanol–water partition coefficient (Wildman–Crippen LogP) is 1.59. The summed E-state index contributed by atoms with van der Waals surface area (Å²) in [6.45, 7) is 1.73. The second-order valence-corrected chi connectivity index (χ2v) is 4.61. The molecule has 0 unspecified atom stereocenters. The number of aryl methyl sites for hydroxylation is 1. The minimum atomic E-state index is -0.483. The first-order valence-electron chi connectivity index (χ1n) is 4.20. The van der Waals surface area contributed by atoms with Crippen LogP contribution in [0.3, 0.4) is 0 Å². The van der Waals surface area contributed by atoms with E-state index in [0.717, 1.165) is 4.90 Å². The monoisotopic (exact) mass is 241 g/mol. The van der Waals surface area contributed by atoms with Crippen LogP contribution in [0.5, 0.6) is 0 Å². The van der Waals surface area contributed by atoms with Gasteiger partial charge in [-0.15, -0.1) is 0 Å². The molecule has 2 amide bonds. The lowest BCUT2D eigenvalue weighted by atomic mass is 10.4. The van der Waals surface area contributed by atoms with Crippen LogP contribution < -0.4 is 0 Å². The van der Waals surface area contributed by atoms with Crippen molar-refractivity contribution in [1.82, 2.24) is 4.90 Å². The normalized spacial score (nSPS) is 16.2. The first-order valence-corrected chi connectivity index (χ1v) is 5.59. The van der Waals surface area contributed by atoms with Crippen LogP contribution in [0.25, 0.3) is 0 Å². The zero-order chi connectivity index (χ0) is 11.0. The summed E-state index contributed by atoms with van der Waals surface area (Å²) < 4.78 is 5.43. The molecule has 1 aromatic rings. The number of hydrogen-bond donors (Lipinski definition) is 0. The molecule has 1 aliphatic heterocycles. The zero-order valence-electron chi connectivity index (χ0n) is 7.85. The molecule has 0 saturated carbocycles. The van der Waals surface area contributed by atoms with Gasteiger partial charge in [-0.05, 0) is 19.1 Å². The van der Waals surface area contributed by atoms with Crippen molar-refractivity contribution >= 4 is 40.1 Å². The number of furan rings is 1. The van der Waals surface area contributed by atoms with Crippen molar-refractivity contribution in [3.63, 3.8) is 0 Å². The third kappa shape index (κ3) is 1.82. The minimum Gasteiger partial charge on any atom is -0.456 e. The number of carbonyl (C=O) groups excluding carboxylic acids is 2. The molecule has 0 radical (unpaired) electrons. The van der Waals surface area contributed by atoms with Crippen molar-refractivity contribution in [2.45, 2.75) is 6.92 Å². The summed E-state index contributed by atoms with van der Waals surface area (Å²) in [6.07, 6.45) is 0. The molecule has 0 spiro atoms. The lowest BCUT2D eigenvalue weighted by Gasteiger charge is -2.10. The first-order chi connectivity index (χ1) is 7.09. The van der Waals surface area contributed by atoms with Gasteiger partial charge in [-0.1, -0.05) is 24.0 Å². The van der Waals surface area contributed by atoms with Gasteiger partial charge in [-0.2, -0.15) is 0 Å². The average molecular weight is 241 g/mol. The summed E-state index contributed by atoms with van der Waals surface area (Å²) in [5, 5.41) is 0. The van der Waals surface area contributed by atoms with E-state index < -0.39 is 5.91 Å². The average Bonchev–Trinajstić information content (AvgIpc) is 2.73. The Morgan fingerprint density at radius 2 is 2.33 bits per heavy atom. The molecule has 0 aliphatic carbocycles. The van der Waals surface area contributed by atoms with Gasteiger partial charge in [0.1, 0.15) is 5.76 Å². The van der Waals surface area contributed by atoms with E-state index in [1.807, 2.05) is 0 Å². The minimum absolute atomic E-state index is 0.144. The Labute approximate surface area is 95.6 Å². The molecule has 2 rings (SSSR count). The number of thioether (sulfide) groups is 1. The van der Waals surface area contributed by atoms with Crippen molar-refractivity contribution in [1.29, 1.82) is 0 Å². The quantitative estimate of drug-likeness (QED) is 0.552. The molecule has 78 valence electrons. The number of thiocarbonyl (C=S) groups is 1. The van der Waals surface area contributed by atoms with Gasteiger partial charge in [0.2, 0.25) is 5.91 Å². The lowest BCUT2D eigenvalue weighted by molar-refractivity contribution is -0.122. The van der Waals surface area contributed by atoms with Crippen LogP contribution in [-0.2, 0) is 4.79 Å². The van der Waals surface area contributed by atoms with E-state index in [1.165, 1.54) is 17.8 Å². The van der Waals surface area contributed by atoms with Crippen LogP contribution in [0, 0.1) is 6.92 Å². The highest BCUT2D eigenvalue weighted by atomic mass is 32.2. The van der Waals surface area contributed by atoms with Crippen LogP contribution in [0.2, 0.25) is 0 Å². The first kappa shape index (κ1) is 10.4. The molecule has 0 bridgehead atoms. The Morgan fingerprint density at radius 1 is 1.60 bits per heavy atom. The van der Waals surface area contributed by atoms with E-state index in [1.54, 1.807) is 13.0 Å². The molecular formula is C9H7NO3S2. The van der Waals surface area contributed by atoms with E-state index >= 15 is 0 Å². The maximum atomic E-state index is 11.8. The summed E-state index contributed by atoms with van der Waals surface area (Å²) in [6, 6.07) is 3.21. The molecular weight excluding hydrogens is 234 g/mol. The van der Waals surface area contributed by atoms with Gasteiger partial charge < -0.3 is 4.42 Å². The highest BCUT2D eigenvalue weighted by Gasteiger charge is 2.34. The number of imide groups is 1. The largest absolute Gasteiger partial charge is 0.456 e. The van der Waals surface area contributed by atoms with E-state index in [0.29, 0.717) is 10.1 Å². The Kier molecular flexibility index (Phi) is 2.62. The fourth-order valence-corrected chi connectivity index (χ4v) is 2.26. The maximum Gasteiger partial charge on any atom is 0.301 e. The molecule has 1 aliphatic rings. The molecule has 1 saturated heterocycles. The summed E-state index contributed by atoms with van der Waals surface area (Å²) in [5.74, 6) is 0.228. The molecule has 0 aromatic carbocycles. The third-order valence-corrected chi connectivity index (χ3v) is 3.26. The molecule has 0 N–H and O–H groups in total. The van der Waals surface area contributed by atoms with Gasteiger partial charge in [0, 0.05) is 0 Å². The van der Waals surface area contributed by atoms with Gasteiger partial charge in [0.05, 0.1) is 5.75 Å². The van der Waals surface area contributed by atoms with Crippen LogP contribution >= 0.6 is 24.0 Å². The number of nitrogens with zero attached hydrogens (tertiary/aromatic N) is 1. The van der Waals surface area contributed by atoms with Crippen LogP contribution in [0.4, 0.5) is 0 Å². The second-order valence-electron chi connectivity index (χ2n) is 3.00. The van der Waals surface area contributed by atoms with Gasteiger partial charge in [0.25, 0.3) is 0 Å². The van der Waals surface area contributed by atoms with Crippen molar-refractivity contribution < 1.29 is 14.0 Å². The molecule has 0 atom stereocenters. The molecule has 4 nitrogen and oxygen atoms in total. The summed E-state index contributed by atoms with van der Waals surface area (Å²) in [7, 11) is 0. The third-order valence-electron chi connectivity index (χ3n) is 1.91. The lowest BCUT2D eigenvalue weighted by Crippen LogP contribution is -2.34. The van der Waals surface area contributed by atoms with Crippen LogP contribution in [-0.4, -0.2) is 26.8 Å². The Morgan fingerprint density at radius 3 is 2.80 bits per heavy atom. The smallest absolute Gasteiger partial charge is 0.301 e. The number of hydrogen-bond acceptors (Lipinski definition) is 5. The topological polar surface area (TPSA) is 50.5 Å². The second kappa shape index (κ2) is 3.79. The number of carbonyl (C=O) groups is 2. The Hall–Kier alpha value is -1.14. The molecule has 1 aromatic heterocycles. The van der Waals surface area contributed by atoms with Gasteiger partial charge >= 0.3 is 5.91 Å². The molecule has 6 heteroatoms. The fourth-order valence-electron chi connectivity index (χ4n) is 1.21. The van der Waals surface area contributed by atoms with Crippen LogP contribution in [0.15, 0.2) is 16.5 Å². The Balaban J connectivity index is 2.28. The van der Waals surface area contributed by atoms with Crippen molar-refractivity contribution in [2.75, 3.05) is 5.75 Å². The number of rotatable bonds is 1. The maximum absolute atomic E-state index is 11.8. The van der Waals surface area contributed by atoms with Crippen LogP contribution in [0.1, 0.15) is 16.3 Å². The molecule has 2 heterocycles. The standard InChI is InChI=1S/C9H7NO3S2/c1-5-2-3-6(13-5)8(12)10-7(11)4-15-9(10)14/h2-3H,4H2,1H3. The summed E-state index contributed by atoms with van der Waals surface area (Å²) in [5.41, 5.74) is 0. The van der Waals surface area contributed by atoms with E-state index in [-0.39, 0.29) is 17.4 Å². The number of amides is 2. The van der Waals surface area contributed by atoms with E-state index in [4.69, 9.17) is 16.6 Å². The van der Waals surface area contributed by atoms with Crippen molar-refractivity contribution in [2.24, 2.45) is 0 Å². The predicted molar refractivity (Wildman–Crippen MR) is 59.7 cm³/mol. The van der Waals surface area contributed by atoms with Crippen molar-refractivity contribution in [3.8, 4) is 0 Å². The van der Waals surface area contributed by atoms with Gasteiger partial charge in [-0.25, -0.2) is 4.90 Å². The fraction of sp³-hybridized carbons (Fsp3) is 0.222. The van der Waals surface area contributed by atoms with E-state index in [2.05, 4.69) is 0 Å². The van der Waals surface area contributed by atoms with Crippen molar-refractivity contribution in [3.05, 3.63) is 23.7 Å². The summed E-state index contributed by atoms with van der Waals surface area (Å²) in [4.78, 5) is 24.1. The van der Waals surface area contributed by atoms with Gasteiger partial charge in [0.15, 0.2) is 10.1 Å². The SMILES string of the molecule is Cc1ccc(C(=O)N2C(=O)CSC2=S)o1. The van der Waals surface area contributed by atoms with Gasteiger partial charge in [-0.3, -0.25) is 9.59 Å². The molecule has 1 fully saturated rings.